The molecule has 1 amide bonds. The molecule has 1 saturated heterocycles. The van der Waals surface area contributed by atoms with Crippen LogP contribution in [0.25, 0.3) is 0 Å². The number of likely N-dealkylation sites (tertiary alicyclic amines) is 1. The van der Waals surface area contributed by atoms with E-state index >= 15 is 0 Å². The van der Waals surface area contributed by atoms with Gasteiger partial charge in [0.2, 0.25) is 0 Å². The van der Waals surface area contributed by atoms with E-state index < -0.39 is 6.09 Å². The Labute approximate surface area is 115 Å². The molecule has 1 unspecified atom stereocenters. The summed E-state index contributed by atoms with van der Waals surface area (Å²) in [6, 6.07) is 7.44. The number of amides is 1. The molecule has 1 aromatic rings. The van der Waals surface area contributed by atoms with E-state index in [9.17, 15) is 9.90 Å². The van der Waals surface area contributed by atoms with E-state index in [2.05, 4.69) is 27.9 Å². The molecule has 1 aliphatic heterocycles. The molecule has 1 atom stereocenters. The van der Waals surface area contributed by atoms with Crippen molar-refractivity contribution in [3.8, 4) is 0 Å². The fourth-order valence-corrected chi connectivity index (χ4v) is 2.88. The van der Waals surface area contributed by atoms with Crippen LogP contribution in [-0.2, 0) is 0 Å². The number of hydrogen-bond acceptors (Lipinski definition) is 2. The fourth-order valence-electron chi connectivity index (χ4n) is 2.38. The van der Waals surface area contributed by atoms with E-state index in [1.807, 2.05) is 24.3 Å². The zero-order valence-corrected chi connectivity index (χ0v) is 11.9. The van der Waals surface area contributed by atoms with Gasteiger partial charge in [0, 0.05) is 17.6 Å². The molecule has 0 bridgehead atoms. The average Bonchev–Trinajstić information content (AvgIpc) is 2.73. The van der Waals surface area contributed by atoms with Gasteiger partial charge >= 0.3 is 6.09 Å². The Balaban J connectivity index is 2.14. The summed E-state index contributed by atoms with van der Waals surface area (Å²) in [5.41, 5.74) is 0.722. The largest absolute Gasteiger partial charge is 0.465 e. The van der Waals surface area contributed by atoms with Gasteiger partial charge in [0.15, 0.2) is 0 Å². The van der Waals surface area contributed by atoms with Crippen molar-refractivity contribution in [1.82, 2.24) is 4.90 Å². The van der Waals surface area contributed by atoms with Gasteiger partial charge in [-0.05, 0) is 54.0 Å². The number of anilines is 1. The van der Waals surface area contributed by atoms with Gasteiger partial charge in [-0.3, -0.25) is 4.90 Å². The highest BCUT2D eigenvalue weighted by molar-refractivity contribution is 9.10. The first-order valence-electron chi connectivity index (χ1n) is 6.01. The predicted molar refractivity (Wildman–Crippen MR) is 75.1 cm³/mol. The van der Waals surface area contributed by atoms with Crippen LogP contribution in [0.15, 0.2) is 28.7 Å². The van der Waals surface area contributed by atoms with Gasteiger partial charge in [0.25, 0.3) is 0 Å². The van der Waals surface area contributed by atoms with E-state index in [0.29, 0.717) is 12.5 Å². The third kappa shape index (κ3) is 3.03. The van der Waals surface area contributed by atoms with Gasteiger partial charge in [-0.1, -0.05) is 12.1 Å². The average molecular weight is 313 g/mol. The van der Waals surface area contributed by atoms with Crippen LogP contribution in [0.2, 0.25) is 0 Å². The molecule has 18 heavy (non-hydrogen) atoms. The Morgan fingerprint density at radius 2 is 2.28 bits per heavy atom. The summed E-state index contributed by atoms with van der Waals surface area (Å²) in [5.74, 6) is 0.415. The first-order valence-corrected chi connectivity index (χ1v) is 6.80. The standard InChI is InChI=1S/C13H17BrN2O2/c1-15-7-6-10(8-15)9-16(13(17)18)12-5-3-2-4-11(12)14/h2-5,10H,6-9H2,1H3,(H,17,18). The summed E-state index contributed by atoms with van der Waals surface area (Å²) in [5, 5.41) is 9.37. The summed E-state index contributed by atoms with van der Waals surface area (Å²) in [7, 11) is 2.07. The molecule has 1 aromatic carbocycles. The smallest absolute Gasteiger partial charge is 0.411 e. The quantitative estimate of drug-likeness (QED) is 0.933. The molecule has 0 spiro atoms. The van der Waals surface area contributed by atoms with Gasteiger partial charge in [0.1, 0.15) is 0 Å². The maximum absolute atomic E-state index is 11.4. The molecule has 1 aliphatic rings. The Kier molecular flexibility index (Phi) is 4.24. The Bertz CT molecular complexity index is 439. The second-order valence-electron chi connectivity index (χ2n) is 4.76. The monoisotopic (exact) mass is 312 g/mol. The molecular weight excluding hydrogens is 296 g/mol. The minimum atomic E-state index is -0.892. The van der Waals surface area contributed by atoms with Crippen molar-refractivity contribution in [1.29, 1.82) is 0 Å². The van der Waals surface area contributed by atoms with E-state index in [4.69, 9.17) is 0 Å². The summed E-state index contributed by atoms with van der Waals surface area (Å²) in [4.78, 5) is 15.1. The lowest BCUT2D eigenvalue weighted by Gasteiger charge is -2.23. The number of halogens is 1. The van der Waals surface area contributed by atoms with Crippen molar-refractivity contribution in [3.05, 3.63) is 28.7 Å². The molecule has 0 radical (unpaired) electrons. The van der Waals surface area contributed by atoms with Gasteiger partial charge in [-0.15, -0.1) is 0 Å². The minimum Gasteiger partial charge on any atom is -0.465 e. The molecule has 1 fully saturated rings. The summed E-state index contributed by atoms with van der Waals surface area (Å²) in [6.07, 6.45) is 0.168. The molecule has 1 N–H and O–H groups in total. The highest BCUT2D eigenvalue weighted by Gasteiger charge is 2.25. The summed E-state index contributed by atoms with van der Waals surface area (Å²) >= 11 is 3.41. The number of rotatable bonds is 3. The summed E-state index contributed by atoms with van der Waals surface area (Å²) in [6.45, 7) is 2.57. The number of benzene rings is 1. The topological polar surface area (TPSA) is 43.8 Å². The highest BCUT2D eigenvalue weighted by atomic mass is 79.9. The molecule has 1 heterocycles. The van der Waals surface area contributed by atoms with Crippen LogP contribution in [0, 0.1) is 5.92 Å². The van der Waals surface area contributed by atoms with Gasteiger partial charge in [0.05, 0.1) is 5.69 Å². The Hall–Kier alpha value is -1.07. The Morgan fingerprint density at radius 3 is 2.83 bits per heavy atom. The number of carbonyl (C=O) groups is 1. The van der Waals surface area contributed by atoms with Crippen molar-refractivity contribution in [2.75, 3.05) is 31.6 Å². The van der Waals surface area contributed by atoms with Crippen LogP contribution in [-0.4, -0.2) is 42.8 Å². The zero-order valence-electron chi connectivity index (χ0n) is 10.3. The predicted octanol–water partition coefficient (Wildman–Crippen LogP) is 2.89. The van der Waals surface area contributed by atoms with Crippen molar-refractivity contribution >= 4 is 27.7 Å². The molecule has 0 saturated carbocycles. The minimum absolute atomic E-state index is 0.415. The van der Waals surface area contributed by atoms with Gasteiger partial charge in [-0.2, -0.15) is 0 Å². The Morgan fingerprint density at radius 1 is 1.56 bits per heavy atom. The van der Waals surface area contributed by atoms with Crippen LogP contribution < -0.4 is 4.90 Å². The van der Waals surface area contributed by atoms with E-state index in [-0.39, 0.29) is 0 Å². The van der Waals surface area contributed by atoms with Crippen molar-refractivity contribution < 1.29 is 9.90 Å². The number of para-hydroxylation sites is 1. The van der Waals surface area contributed by atoms with Crippen molar-refractivity contribution in [2.24, 2.45) is 5.92 Å². The van der Waals surface area contributed by atoms with Crippen molar-refractivity contribution in [3.63, 3.8) is 0 Å². The van der Waals surface area contributed by atoms with Crippen LogP contribution in [0.1, 0.15) is 6.42 Å². The lowest BCUT2D eigenvalue weighted by atomic mass is 10.1. The van der Waals surface area contributed by atoms with Crippen LogP contribution >= 0.6 is 15.9 Å². The van der Waals surface area contributed by atoms with E-state index in [1.165, 1.54) is 4.90 Å². The molecule has 0 aliphatic carbocycles. The molecule has 98 valence electrons. The van der Waals surface area contributed by atoms with E-state index in [0.717, 1.165) is 29.7 Å². The zero-order chi connectivity index (χ0) is 13.1. The van der Waals surface area contributed by atoms with Crippen LogP contribution in [0.4, 0.5) is 10.5 Å². The molecule has 0 aromatic heterocycles. The molecule has 2 rings (SSSR count). The first-order chi connectivity index (χ1) is 8.58. The maximum atomic E-state index is 11.4. The fraction of sp³-hybridized carbons (Fsp3) is 0.462. The SMILES string of the molecule is CN1CCC(CN(C(=O)O)c2ccccc2Br)C1. The van der Waals surface area contributed by atoms with Gasteiger partial charge < -0.3 is 10.0 Å². The first kappa shape index (κ1) is 13.4. The number of carboxylic acid groups (broad SMARTS) is 1. The number of hydrogen-bond donors (Lipinski definition) is 1. The second-order valence-corrected chi connectivity index (χ2v) is 5.62. The summed E-state index contributed by atoms with van der Waals surface area (Å²) < 4.78 is 0.818. The third-order valence-electron chi connectivity index (χ3n) is 3.30. The number of nitrogens with zero attached hydrogens (tertiary/aromatic N) is 2. The second kappa shape index (κ2) is 5.71. The highest BCUT2D eigenvalue weighted by Crippen LogP contribution is 2.28. The molecule has 5 heteroatoms. The van der Waals surface area contributed by atoms with Gasteiger partial charge in [-0.25, -0.2) is 4.79 Å². The maximum Gasteiger partial charge on any atom is 0.411 e. The normalized spacial score (nSPS) is 20.0. The molecule has 4 nitrogen and oxygen atoms in total. The third-order valence-corrected chi connectivity index (χ3v) is 3.97. The van der Waals surface area contributed by atoms with E-state index in [1.54, 1.807) is 0 Å². The molecular formula is C13H17BrN2O2. The van der Waals surface area contributed by atoms with Crippen LogP contribution in [0.5, 0.6) is 0 Å². The van der Waals surface area contributed by atoms with Crippen molar-refractivity contribution in [2.45, 2.75) is 6.42 Å². The van der Waals surface area contributed by atoms with Crippen LogP contribution in [0.3, 0.4) is 0 Å². The lowest BCUT2D eigenvalue weighted by molar-refractivity contribution is 0.200. The lowest BCUT2D eigenvalue weighted by Crippen LogP contribution is -2.35.